The molecule has 1 aromatic carbocycles. The lowest BCUT2D eigenvalue weighted by Gasteiger charge is -2.16. The number of anilines is 1. The van der Waals surface area contributed by atoms with Gasteiger partial charge in [0.1, 0.15) is 18.0 Å². The summed E-state index contributed by atoms with van der Waals surface area (Å²) in [7, 11) is 0. The Hall–Kier alpha value is -2.62. The first-order valence-corrected chi connectivity index (χ1v) is 7.55. The molecule has 0 saturated carbocycles. The number of aliphatic hydroxyl groups excluding tert-OH is 2. The molecule has 1 aliphatic rings. The fraction of sp³-hybridized carbons (Fsp3) is 0.312. The van der Waals surface area contributed by atoms with Crippen LogP contribution in [0.25, 0.3) is 0 Å². The number of ether oxygens (including phenoxy) is 1. The van der Waals surface area contributed by atoms with E-state index in [1.807, 2.05) is 0 Å². The van der Waals surface area contributed by atoms with Crippen LogP contribution in [0.2, 0.25) is 0 Å². The zero-order valence-corrected chi connectivity index (χ0v) is 12.9. The molecular formula is C16H16FN3O5. The Labute approximate surface area is 141 Å². The van der Waals surface area contributed by atoms with Gasteiger partial charge in [-0.1, -0.05) is 18.2 Å². The SMILES string of the molecule is O=C(Nc1ccn([C@@H]2O[C@H](CO)C(O)C2F)c(=O)n1)c1ccccc1. The van der Waals surface area contributed by atoms with Crippen LogP contribution in [0.5, 0.6) is 0 Å². The number of halogens is 1. The number of benzene rings is 1. The average Bonchev–Trinajstić information content (AvgIpc) is 2.91. The molecule has 2 aromatic rings. The number of nitrogens with one attached hydrogen (secondary N) is 1. The highest BCUT2D eigenvalue weighted by atomic mass is 19.1. The van der Waals surface area contributed by atoms with Crippen molar-refractivity contribution in [2.24, 2.45) is 0 Å². The third-order valence-electron chi connectivity index (χ3n) is 3.86. The van der Waals surface area contributed by atoms with E-state index in [4.69, 9.17) is 9.84 Å². The third kappa shape index (κ3) is 3.43. The van der Waals surface area contributed by atoms with Crippen molar-refractivity contribution < 1.29 is 24.1 Å². The molecule has 8 nitrogen and oxygen atoms in total. The van der Waals surface area contributed by atoms with Gasteiger partial charge in [-0.2, -0.15) is 4.98 Å². The molecule has 2 unspecified atom stereocenters. The predicted octanol–water partition coefficient (Wildman–Crippen LogP) is 0.0843. The van der Waals surface area contributed by atoms with Crippen LogP contribution < -0.4 is 11.0 Å². The maximum atomic E-state index is 14.1. The molecule has 3 N–H and O–H groups in total. The molecule has 1 fully saturated rings. The number of hydrogen-bond acceptors (Lipinski definition) is 6. The van der Waals surface area contributed by atoms with E-state index < -0.39 is 42.8 Å². The van der Waals surface area contributed by atoms with Crippen molar-refractivity contribution in [3.8, 4) is 0 Å². The van der Waals surface area contributed by atoms with Crippen molar-refractivity contribution in [1.29, 1.82) is 0 Å². The van der Waals surface area contributed by atoms with Gasteiger partial charge in [-0.3, -0.25) is 9.36 Å². The van der Waals surface area contributed by atoms with Gasteiger partial charge >= 0.3 is 5.69 Å². The van der Waals surface area contributed by atoms with E-state index in [0.717, 1.165) is 4.57 Å². The van der Waals surface area contributed by atoms with Gasteiger partial charge in [-0.25, -0.2) is 9.18 Å². The Kier molecular flexibility index (Phi) is 4.88. The fourth-order valence-electron chi connectivity index (χ4n) is 2.53. The van der Waals surface area contributed by atoms with Crippen LogP contribution in [0.3, 0.4) is 0 Å². The van der Waals surface area contributed by atoms with Gasteiger partial charge in [0.25, 0.3) is 5.91 Å². The van der Waals surface area contributed by atoms with Gasteiger partial charge in [0, 0.05) is 11.8 Å². The first-order valence-electron chi connectivity index (χ1n) is 7.55. The summed E-state index contributed by atoms with van der Waals surface area (Å²) >= 11 is 0. The minimum atomic E-state index is -1.89. The third-order valence-corrected chi connectivity index (χ3v) is 3.86. The first-order chi connectivity index (χ1) is 12.0. The molecule has 1 aromatic heterocycles. The van der Waals surface area contributed by atoms with Crippen molar-refractivity contribution in [1.82, 2.24) is 9.55 Å². The molecule has 3 rings (SSSR count). The van der Waals surface area contributed by atoms with E-state index >= 15 is 0 Å². The van der Waals surface area contributed by atoms with Crippen LogP contribution in [-0.4, -0.2) is 50.7 Å². The Bertz CT molecular complexity index is 813. The molecule has 1 amide bonds. The smallest absolute Gasteiger partial charge is 0.351 e. The topological polar surface area (TPSA) is 114 Å². The van der Waals surface area contributed by atoms with E-state index in [9.17, 15) is 19.1 Å². The normalized spacial score (nSPS) is 25.7. The predicted molar refractivity (Wildman–Crippen MR) is 84.8 cm³/mol. The molecule has 25 heavy (non-hydrogen) atoms. The monoisotopic (exact) mass is 349 g/mol. The second-order valence-electron chi connectivity index (χ2n) is 5.51. The van der Waals surface area contributed by atoms with Gasteiger partial charge in [0.2, 0.25) is 0 Å². The van der Waals surface area contributed by atoms with Gasteiger partial charge in [0.05, 0.1) is 6.61 Å². The highest BCUT2D eigenvalue weighted by Crippen LogP contribution is 2.30. The molecule has 2 heterocycles. The first kappa shape index (κ1) is 17.2. The van der Waals surface area contributed by atoms with Crippen LogP contribution in [-0.2, 0) is 4.74 Å². The van der Waals surface area contributed by atoms with Crippen molar-refractivity contribution in [3.05, 3.63) is 58.6 Å². The minimum absolute atomic E-state index is 0.00256. The number of alkyl halides is 1. The standard InChI is InChI=1S/C16H16FN3O5/c17-12-13(22)10(8-21)25-15(12)20-7-6-11(19-16(20)24)18-14(23)9-4-2-1-3-5-9/h1-7,10,12-13,15,21-22H,8H2,(H,18,19,23,24)/t10-,12?,13?,15-/m1/s1. The number of carbonyl (C=O) groups excluding carboxylic acids is 1. The maximum absolute atomic E-state index is 14.1. The number of rotatable bonds is 4. The number of nitrogens with zero attached hydrogens (tertiary/aromatic N) is 2. The molecule has 9 heteroatoms. The summed E-state index contributed by atoms with van der Waals surface area (Å²) in [6.45, 7) is -0.578. The highest BCUT2D eigenvalue weighted by molar-refractivity contribution is 6.03. The van der Waals surface area contributed by atoms with Crippen LogP contribution >= 0.6 is 0 Å². The van der Waals surface area contributed by atoms with Crippen LogP contribution in [0.1, 0.15) is 16.6 Å². The van der Waals surface area contributed by atoms with Crippen molar-refractivity contribution in [2.45, 2.75) is 24.6 Å². The lowest BCUT2D eigenvalue weighted by molar-refractivity contribution is -0.0490. The molecule has 4 atom stereocenters. The number of carbonyl (C=O) groups is 1. The largest absolute Gasteiger partial charge is 0.394 e. The van der Waals surface area contributed by atoms with Crippen LogP contribution in [0.15, 0.2) is 47.4 Å². The van der Waals surface area contributed by atoms with E-state index in [1.165, 1.54) is 12.3 Å². The highest BCUT2D eigenvalue weighted by Gasteiger charge is 2.45. The minimum Gasteiger partial charge on any atom is -0.394 e. The molecule has 0 radical (unpaired) electrons. The van der Waals surface area contributed by atoms with E-state index in [2.05, 4.69) is 10.3 Å². The quantitative estimate of drug-likeness (QED) is 0.721. The molecule has 1 aliphatic heterocycles. The molecule has 1 saturated heterocycles. The Balaban J connectivity index is 1.78. The summed E-state index contributed by atoms with van der Waals surface area (Å²) in [4.78, 5) is 27.8. The summed E-state index contributed by atoms with van der Waals surface area (Å²) in [6.07, 6.45) is -4.74. The summed E-state index contributed by atoms with van der Waals surface area (Å²) in [6, 6.07) is 9.68. The Morgan fingerprint density at radius 3 is 2.64 bits per heavy atom. The zero-order chi connectivity index (χ0) is 18.0. The molecular weight excluding hydrogens is 333 g/mol. The molecule has 0 aliphatic carbocycles. The fourth-order valence-corrected chi connectivity index (χ4v) is 2.53. The van der Waals surface area contributed by atoms with Crippen LogP contribution in [0, 0.1) is 0 Å². The number of amides is 1. The lowest BCUT2D eigenvalue weighted by Crippen LogP contribution is -2.33. The lowest BCUT2D eigenvalue weighted by atomic mass is 10.1. The van der Waals surface area contributed by atoms with Crippen molar-refractivity contribution in [3.63, 3.8) is 0 Å². The van der Waals surface area contributed by atoms with E-state index in [-0.39, 0.29) is 5.82 Å². The van der Waals surface area contributed by atoms with Gasteiger partial charge in [-0.05, 0) is 18.2 Å². The number of aromatic nitrogens is 2. The second-order valence-corrected chi connectivity index (χ2v) is 5.51. The zero-order valence-electron chi connectivity index (χ0n) is 12.9. The van der Waals surface area contributed by atoms with Gasteiger partial charge in [0.15, 0.2) is 12.4 Å². The van der Waals surface area contributed by atoms with Crippen molar-refractivity contribution in [2.75, 3.05) is 11.9 Å². The van der Waals surface area contributed by atoms with Crippen molar-refractivity contribution >= 4 is 11.7 Å². The molecule has 0 bridgehead atoms. The summed E-state index contributed by atoms with van der Waals surface area (Å²) in [5, 5.41) is 21.1. The molecule has 0 spiro atoms. The second kappa shape index (κ2) is 7.09. The van der Waals surface area contributed by atoms with Gasteiger partial charge < -0.3 is 20.3 Å². The Morgan fingerprint density at radius 1 is 1.32 bits per heavy atom. The van der Waals surface area contributed by atoms with E-state index in [1.54, 1.807) is 30.3 Å². The summed E-state index contributed by atoms with van der Waals surface area (Å²) in [5.41, 5.74) is -0.463. The van der Waals surface area contributed by atoms with Crippen LogP contribution in [0.4, 0.5) is 10.2 Å². The summed E-state index contributed by atoms with van der Waals surface area (Å²) < 4.78 is 20.1. The molecule has 132 valence electrons. The summed E-state index contributed by atoms with van der Waals surface area (Å²) in [5.74, 6) is -0.440. The average molecular weight is 349 g/mol. The van der Waals surface area contributed by atoms with Gasteiger partial charge in [-0.15, -0.1) is 0 Å². The number of hydrogen-bond donors (Lipinski definition) is 3. The number of aliphatic hydroxyl groups is 2. The maximum Gasteiger partial charge on any atom is 0.351 e. The van der Waals surface area contributed by atoms with E-state index in [0.29, 0.717) is 5.56 Å². The Morgan fingerprint density at radius 2 is 2.04 bits per heavy atom.